The van der Waals surface area contributed by atoms with Crippen LogP contribution < -0.4 is 0 Å². The molecule has 0 fully saturated rings. The predicted octanol–water partition coefficient (Wildman–Crippen LogP) is 13.5. The van der Waals surface area contributed by atoms with E-state index in [1.165, 1.54) is 32.7 Å². The zero-order chi connectivity index (χ0) is 32.1. The number of furan rings is 3. The monoisotopic (exact) mass is 626 g/mol. The molecule has 3 aromatic heterocycles. The molecule has 228 valence electrons. The summed E-state index contributed by atoms with van der Waals surface area (Å²) in [7, 11) is 0. The van der Waals surface area contributed by atoms with Crippen molar-refractivity contribution in [2.75, 3.05) is 0 Å². The van der Waals surface area contributed by atoms with Gasteiger partial charge in [0.05, 0.1) is 5.39 Å². The highest BCUT2D eigenvalue weighted by Gasteiger charge is 2.23. The van der Waals surface area contributed by atoms with Crippen molar-refractivity contribution in [3.05, 3.63) is 158 Å². The van der Waals surface area contributed by atoms with Gasteiger partial charge >= 0.3 is 0 Å². The Kier molecular flexibility index (Phi) is 5.38. The molecule has 8 aromatic carbocycles. The second kappa shape index (κ2) is 9.96. The van der Waals surface area contributed by atoms with Crippen LogP contribution in [0.1, 0.15) is 0 Å². The molecule has 49 heavy (non-hydrogen) atoms. The summed E-state index contributed by atoms with van der Waals surface area (Å²) in [6, 6.07) is 55.3. The molecular formula is C46H26O3. The van der Waals surface area contributed by atoms with Gasteiger partial charge in [0.1, 0.15) is 33.7 Å². The minimum atomic E-state index is 0.812. The highest BCUT2D eigenvalue weighted by molar-refractivity contribution is 6.28. The average molecular weight is 627 g/mol. The van der Waals surface area contributed by atoms with Gasteiger partial charge in [-0.15, -0.1) is 0 Å². The minimum absolute atomic E-state index is 0.812. The lowest BCUT2D eigenvalue weighted by Gasteiger charge is -2.18. The van der Waals surface area contributed by atoms with Crippen molar-refractivity contribution < 1.29 is 13.3 Å². The molecule has 0 bridgehead atoms. The highest BCUT2D eigenvalue weighted by Crippen LogP contribution is 2.49. The molecular weight excluding hydrogens is 601 g/mol. The Morgan fingerprint density at radius 1 is 0.306 bits per heavy atom. The summed E-state index contributed by atoms with van der Waals surface area (Å²) >= 11 is 0. The number of para-hydroxylation sites is 2. The first kappa shape index (κ1) is 26.5. The van der Waals surface area contributed by atoms with Crippen LogP contribution in [0, 0.1) is 0 Å². The Labute approximate surface area is 280 Å². The van der Waals surface area contributed by atoms with E-state index in [1.54, 1.807) is 0 Å². The number of hydrogen-bond donors (Lipinski definition) is 0. The summed E-state index contributed by atoms with van der Waals surface area (Å²) in [5, 5.41) is 10.1. The lowest BCUT2D eigenvalue weighted by atomic mass is 9.84. The first-order valence-corrected chi connectivity index (χ1v) is 16.6. The van der Waals surface area contributed by atoms with E-state index in [1.807, 2.05) is 30.3 Å². The van der Waals surface area contributed by atoms with Crippen LogP contribution in [0.5, 0.6) is 0 Å². The lowest BCUT2D eigenvalue weighted by Crippen LogP contribution is -1.91. The largest absolute Gasteiger partial charge is 0.456 e. The van der Waals surface area contributed by atoms with Gasteiger partial charge in [0.2, 0.25) is 0 Å². The maximum Gasteiger partial charge on any atom is 0.146 e. The molecule has 0 spiro atoms. The second-order valence-corrected chi connectivity index (χ2v) is 12.7. The Bertz CT molecular complexity index is 3040. The quantitative estimate of drug-likeness (QED) is 0.183. The van der Waals surface area contributed by atoms with Gasteiger partial charge in [-0.1, -0.05) is 127 Å². The standard InChI is InChI=1S/C46H26O3/c1-2-12-27(13-3-1)41-26-37-39(47-41)25-24-36-44-34(20-11-23-40(44)49-46(36)37)42-29-15-4-6-17-31(29)43(32-18-7-5-16-30(32)42)35-21-10-19-33-28-14-8-9-22-38(28)48-45(33)35/h1-26H. The van der Waals surface area contributed by atoms with Gasteiger partial charge in [0.25, 0.3) is 0 Å². The zero-order valence-electron chi connectivity index (χ0n) is 26.2. The van der Waals surface area contributed by atoms with Crippen LogP contribution in [0.25, 0.3) is 110 Å². The summed E-state index contributed by atoms with van der Waals surface area (Å²) in [4.78, 5) is 0. The lowest BCUT2D eigenvalue weighted by molar-refractivity contribution is 0.631. The molecule has 0 unspecified atom stereocenters. The van der Waals surface area contributed by atoms with E-state index in [0.717, 1.165) is 77.3 Å². The van der Waals surface area contributed by atoms with Gasteiger partial charge in [-0.05, 0) is 63.0 Å². The van der Waals surface area contributed by atoms with Crippen molar-refractivity contribution in [3.8, 4) is 33.6 Å². The van der Waals surface area contributed by atoms with Gasteiger partial charge in [-0.25, -0.2) is 0 Å². The molecule has 3 heterocycles. The van der Waals surface area contributed by atoms with Crippen LogP contribution in [-0.2, 0) is 0 Å². The minimum Gasteiger partial charge on any atom is -0.456 e. The zero-order valence-corrected chi connectivity index (χ0v) is 26.2. The third kappa shape index (κ3) is 3.73. The molecule has 3 heteroatoms. The summed E-state index contributed by atoms with van der Waals surface area (Å²) < 4.78 is 19.6. The summed E-state index contributed by atoms with van der Waals surface area (Å²) in [6.45, 7) is 0. The van der Waals surface area contributed by atoms with E-state index in [9.17, 15) is 0 Å². The fourth-order valence-electron chi connectivity index (χ4n) is 8.00. The van der Waals surface area contributed by atoms with E-state index in [0.29, 0.717) is 0 Å². The van der Waals surface area contributed by atoms with Gasteiger partial charge in [0.15, 0.2) is 0 Å². The van der Waals surface area contributed by atoms with Gasteiger partial charge < -0.3 is 13.3 Å². The normalized spacial score (nSPS) is 12.1. The van der Waals surface area contributed by atoms with Crippen molar-refractivity contribution >= 4 is 76.4 Å². The van der Waals surface area contributed by atoms with Crippen molar-refractivity contribution in [3.63, 3.8) is 0 Å². The number of fused-ring (bicyclic) bond motifs is 10. The molecule has 0 N–H and O–H groups in total. The SMILES string of the molecule is c1ccc(-c2cc3c(ccc4c3oc3cccc(-c5c6ccccc6c(-c6cccc7c6oc6ccccc67)c6ccccc56)c34)o2)cc1. The Hall–Kier alpha value is -6.58. The van der Waals surface area contributed by atoms with E-state index < -0.39 is 0 Å². The first-order chi connectivity index (χ1) is 24.3. The van der Waals surface area contributed by atoms with E-state index in [2.05, 4.69) is 127 Å². The molecule has 0 radical (unpaired) electrons. The smallest absolute Gasteiger partial charge is 0.146 e. The molecule has 0 aliphatic rings. The molecule has 0 aliphatic heterocycles. The van der Waals surface area contributed by atoms with E-state index in [4.69, 9.17) is 13.3 Å². The Morgan fingerprint density at radius 3 is 1.61 bits per heavy atom. The predicted molar refractivity (Wildman–Crippen MR) is 202 cm³/mol. The number of hydrogen-bond acceptors (Lipinski definition) is 3. The summed E-state index contributed by atoms with van der Waals surface area (Å²) in [5.41, 5.74) is 9.96. The second-order valence-electron chi connectivity index (χ2n) is 12.7. The fraction of sp³-hybridized carbons (Fsp3) is 0. The van der Waals surface area contributed by atoms with Gasteiger partial charge in [-0.2, -0.15) is 0 Å². The summed E-state index contributed by atoms with van der Waals surface area (Å²) in [5.74, 6) is 0.829. The topological polar surface area (TPSA) is 39.4 Å². The van der Waals surface area contributed by atoms with Gasteiger partial charge in [-0.3, -0.25) is 0 Å². The van der Waals surface area contributed by atoms with Crippen LogP contribution in [0.2, 0.25) is 0 Å². The molecule has 3 nitrogen and oxygen atoms in total. The third-order valence-corrected chi connectivity index (χ3v) is 10.1. The first-order valence-electron chi connectivity index (χ1n) is 16.6. The maximum absolute atomic E-state index is 6.70. The van der Waals surface area contributed by atoms with Crippen molar-refractivity contribution in [1.29, 1.82) is 0 Å². The molecule has 0 aliphatic carbocycles. The molecule has 11 aromatic rings. The third-order valence-electron chi connectivity index (χ3n) is 10.1. The van der Waals surface area contributed by atoms with E-state index >= 15 is 0 Å². The molecule has 0 saturated carbocycles. The van der Waals surface area contributed by atoms with Crippen LogP contribution >= 0.6 is 0 Å². The molecule has 0 atom stereocenters. The van der Waals surface area contributed by atoms with E-state index in [-0.39, 0.29) is 0 Å². The van der Waals surface area contributed by atoms with Crippen LogP contribution in [0.4, 0.5) is 0 Å². The number of benzene rings is 8. The average Bonchev–Trinajstić information content (AvgIpc) is 3.88. The highest BCUT2D eigenvalue weighted by atomic mass is 16.3. The fourth-order valence-corrected chi connectivity index (χ4v) is 8.00. The molecule has 0 amide bonds. The Balaban J connectivity index is 1.23. The molecule has 11 rings (SSSR count). The van der Waals surface area contributed by atoms with Crippen molar-refractivity contribution in [2.45, 2.75) is 0 Å². The van der Waals surface area contributed by atoms with Gasteiger partial charge in [0, 0.05) is 38.2 Å². The van der Waals surface area contributed by atoms with Crippen molar-refractivity contribution in [2.24, 2.45) is 0 Å². The van der Waals surface area contributed by atoms with Crippen LogP contribution in [-0.4, -0.2) is 0 Å². The van der Waals surface area contributed by atoms with Crippen molar-refractivity contribution in [1.82, 2.24) is 0 Å². The van der Waals surface area contributed by atoms with Crippen LogP contribution in [0.3, 0.4) is 0 Å². The Morgan fingerprint density at radius 2 is 0.857 bits per heavy atom. The summed E-state index contributed by atoms with van der Waals surface area (Å²) in [6.07, 6.45) is 0. The van der Waals surface area contributed by atoms with Crippen LogP contribution in [0.15, 0.2) is 171 Å². The number of rotatable bonds is 3. The molecule has 0 saturated heterocycles. The maximum atomic E-state index is 6.70.